The fourth-order valence-electron chi connectivity index (χ4n) is 1.41. The first-order valence-corrected chi connectivity index (χ1v) is 5.42. The predicted molar refractivity (Wildman–Crippen MR) is 60.5 cm³/mol. The lowest BCUT2D eigenvalue weighted by atomic mass is 10.1. The molecule has 2 rings (SSSR count). The number of hydrogen-bond donors (Lipinski definition) is 1. The monoisotopic (exact) mass is 222 g/mol. The Kier molecular flexibility index (Phi) is 2.68. The minimum absolute atomic E-state index is 0.128. The Labute approximate surface area is 91.6 Å². The molecule has 4 heteroatoms. The number of nitrogen functional groups attached to an aromatic ring is 1. The Bertz CT molecular complexity index is 460. The lowest BCUT2D eigenvalue weighted by molar-refractivity contribution is 0.625. The van der Waals surface area contributed by atoms with E-state index >= 15 is 0 Å². The number of nitrogens with two attached hydrogens (primary N) is 1. The predicted octanol–water partition coefficient (Wildman–Crippen LogP) is 2.76. The molecule has 0 aliphatic heterocycles. The molecule has 0 saturated carbocycles. The number of nitrogens with zero attached hydrogens (tertiary/aromatic N) is 1. The van der Waals surface area contributed by atoms with E-state index in [9.17, 15) is 4.39 Å². The van der Waals surface area contributed by atoms with Gasteiger partial charge in [0, 0.05) is 22.4 Å². The van der Waals surface area contributed by atoms with Gasteiger partial charge < -0.3 is 5.73 Å². The van der Waals surface area contributed by atoms with Crippen molar-refractivity contribution in [3.05, 3.63) is 45.5 Å². The van der Waals surface area contributed by atoms with Crippen molar-refractivity contribution >= 4 is 17.2 Å². The van der Waals surface area contributed by atoms with E-state index in [0.717, 1.165) is 15.3 Å². The molecule has 2 aromatic heterocycles. The van der Waals surface area contributed by atoms with Crippen molar-refractivity contribution in [3.8, 4) is 0 Å². The second-order valence-corrected chi connectivity index (χ2v) is 4.72. The van der Waals surface area contributed by atoms with E-state index in [0.29, 0.717) is 12.2 Å². The number of hydrogen-bond acceptors (Lipinski definition) is 3. The normalized spacial score (nSPS) is 10.5. The van der Waals surface area contributed by atoms with Crippen molar-refractivity contribution in [1.29, 1.82) is 0 Å². The van der Waals surface area contributed by atoms with Crippen LogP contribution in [0.3, 0.4) is 0 Å². The molecule has 0 amide bonds. The van der Waals surface area contributed by atoms with E-state index in [2.05, 4.69) is 4.98 Å². The van der Waals surface area contributed by atoms with Gasteiger partial charge in [-0.15, -0.1) is 11.3 Å². The zero-order valence-corrected chi connectivity index (χ0v) is 9.14. The van der Waals surface area contributed by atoms with Crippen molar-refractivity contribution in [2.24, 2.45) is 0 Å². The van der Waals surface area contributed by atoms with Gasteiger partial charge in [-0.2, -0.15) is 0 Å². The highest BCUT2D eigenvalue weighted by atomic mass is 32.1. The van der Waals surface area contributed by atoms with Crippen molar-refractivity contribution in [2.45, 2.75) is 13.3 Å². The quantitative estimate of drug-likeness (QED) is 0.848. The zero-order chi connectivity index (χ0) is 10.8. The zero-order valence-electron chi connectivity index (χ0n) is 8.33. The van der Waals surface area contributed by atoms with Gasteiger partial charge in [0.15, 0.2) is 0 Å². The SMILES string of the molecule is Cc1sc(Cc2ccnc(N)c2)cc1F. The van der Waals surface area contributed by atoms with Crippen molar-refractivity contribution in [3.63, 3.8) is 0 Å². The summed E-state index contributed by atoms with van der Waals surface area (Å²) in [6.45, 7) is 1.78. The summed E-state index contributed by atoms with van der Waals surface area (Å²) in [7, 11) is 0. The van der Waals surface area contributed by atoms with Crippen LogP contribution in [0, 0.1) is 12.7 Å². The summed E-state index contributed by atoms with van der Waals surface area (Å²) in [4.78, 5) is 5.65. The van der Waals surface area contributed by atoms with Gasteiger partial charge in [0.05, 0.1) is 0 Å². The maximum atomic E-state index is 13.1. The van der Waals surface area contributed by atoms with Crippen LogP contribution in [0.4, 0.5) is 10.2 Å². The van der Waals surface area contributed by atoms with Crippen LogP contribution in [0.5, 0.6) is 0 Å². The molecule has 0 bridgehead atoms. The number of rotatable bonds is 2. The molecule has 2 nitrogen and oxygen atoms in total. The van der Waals surface area contributed by atoms with E-state index in [1.54, 1.807) is 19.2 Å². The highest BCUT2D eigenvalue weighted by Gasteiger charge is 2.05. The van der Waals surface area contributed by atoms with Gasteiger partial charge in [-0.25, -0.2) is 9.37 Å². The molecule has 0 saturated heterocycles. The molecule has 2 aromatic rings. The largest absolute Gasteiger partial charge is 0.384 e. The molecule has 0 aromatic carbocycles. The van der Waals surface area contributed by atoms with Crippen LogP contribution in [0.2, 0.25) is 0 Å². The van der Waals surface area contributed by atoms with Crippen LogP contribution in [0.25, 0.3) is 0 Å². The number of anilines is 1. The van der Waals surface area contributed by atoms with Gasteiger partial charge in [0.2, 0.25) is 0 Å². The second-order valence-electron chi connectivity index (χ2n) is 3.38. The maximum Gasteiger partial charge on any atom is 0.137 e. The first-order valence-electron chi connectivity index (χ1n) is 4.60. The van der Waals surface area contributed by atoms with Crippen LogP contribution >= 0.6 is 11.3 Å². The number of halogens is 1. The highest BCUT2D eigenvalue weighted by molar-refractivity contribution is 7.11. The van der Waals surface area contributed by atoms with Crippen LogP contribution in [0.1, 0.15) is 15.3 Å². The van der Waals surface area contributed by atoms with Crippen LogP contribution < -0.4 is 5.73 Å². The second kappa shape index (κ2) is 3.98. The van der Waals surface area contributed by atoms with E-state index in [4.69, 9.17) is 5.73 Å². The first kappa shape index (κ1) is 10.1. The van der Waals surface area contributed by atoms with Crippen molar-refractivity contribution in [2.75, 3.05) is 5.73 Å². The molecule has 0 fully saturated rings. The number of aromatic nitrogens is 1. The Balaban J connectivity index is 2.22. The van der Waals surface area contributed by atoms with Crippen LogP contribution in [-0.4, -0.2) is 4.98 Å². The third-order valence-electron chi connectivity index (χ3n) is 2.13. The minimum atomic E-state index is -0.128. The van der Waals surface area contributed by atoms with E-state index in [1.165, 1.54) is 11.3 Å². The summed E-state index contributed by atoms with van der Waals surface area (Å²) >= 11 is 1.48. The molecule has 2 heterocycles. The molecule has 15 heavy (non-hydrogen) atoms. The molecule has 0 unspecified atom stereocenters. The highest BCUT2D eigenvalue weighted by Crippen LogP contribution is 2.22. The lowest BCUT2D eigenvalue weighted by Crippen LogP contribution is -1.92. The summed E-state index contributed by atoms with van der Waals surface area (Å²) in [5.74, 6) is 0.373. The van der Waals surface area contributed by atoms with Crippen LogP contribution in [-0.2, 0) is 6.42 Å². The Hall–Kier alpha value is -1.42. The van der Waals surface area contributed by atoms with Crippen LogP contribution in [0.15, 0.2) is 24.4 Å². The fraction of sp³-hybridized carbons (Fsp3) is 0.182. The number of thiophene rings is 1. The van der Waals surface area contributed by atoms with Gasteiger partial charge in [-0.1, -0.05) is 0 Å². The summed E-state index contributed by atoms with van der Waals surface area (Å²) < 4.78 is 13.1. The minimum Gasteiger partial charge on any atom is -0.384 e. The lowest BCUT2D eigenvalue weighted by Gasteiger charge is -1.98. The molecule has 0 radical (unpaired) electrons. The van der Waals surface area contributed by atoms with E-state index in [-0.39, 0.29) is 5.82 Å². The summed E-state index contributed by atoms with van der Waals surface area (Å²) in [5, 5.41) is 0. The summed E-state index contributed by atoms with van der Waals surface area (Å²) in [6.07, 6.45) is 2.38. The molecule has 78 valence electrons. The van der Waals surface area contributed by atoms with Gasteiger partial charge in [0.1, 0.15) is 11.6 Å². The number of pyridine rings is 1. The molecular formula is C11H11FN2S. The van der Waals surface area contributed by atoms with Gasteiger partial charge in [-0.05, 0) is 30.7 Å². The molecule has 0 spiro atoms. The molecule has 0 atom stereocenters. The molecular weight excluding hydrogens is 211 g/mol. The Morgan fingerprint density at radius 3 is 2.87 bits per heavy atom. The Morgan fingerprint density at radius 2 is 2.27 bits per heavy atom. The van der Waals surface area contributed by atoms with E-state index < -0.39 is 0 Å². The first-order chi connectivity index (χ1) is 7.15. The van der Waals surface area contributed by atoms with Gasteiger partial charge in [0.25, 0.3) is 0 Å². The summed E-state index contributed by atoms with van der Waals surface area (Å²) in [5.41, 5.74) is 6.62. The molecule has 0 aliphatic carbocycles. The van der Waals surface area contributed by atoms with Crippen molar-refractivity contribution < 1.29 is 4.39 Å². The average molecular weight is 222 g/mol. The Morgan fingerprint density at radius 1 is 1.47 bits per heavy atom. The van der Waals surface area contributed by atoms with E-state index in [1.807, 2.05) is 12.1 Å². The topological polar surface area (TPSA) is 38.9 Å². The average Bonchev–Trinajstić information content (AvgIpc) is 2.45. The maximum absolute atomic E-state index is 13.1. The van der Waals surface area contributed by atoms with Gasteiger partial charge >= 0.3 is 0 Å². The third-order valence-corrected chi connectivity index (χ3v) is 3.16. The smallest absolute Gasteiger partial charge is 0.137 e. The third kappa shape index (κ3) is 2.33. The number of aryl methyl sites for hydroxylation is 1. The molecule has 2 N–H and O–H groups in total. The van der Waals surface area contributed by atoms with Gasteiger partial charge in [-0.3, -0.25) is 0 Å². The summed E-state index contributed by atoms with van der Waals surface area (Å²) in [6, 6.07) is 5.28. The molecule has 0 aliphatic rings. The standard InChI is InChI=1S/C11H11FN2S/c1-7-10(12)6-9(15-7)4-8-2-3-14-11(13)5-8/h2-3,5-6H,4H2,1H3,(H2,13,14). The van der Waals surface area contributed by atoms with Crippen molar-refractivity contribution in [1.82, 2.24) is 4.98 Å². The fourth-order valence-corrected chi connectivity index (χ4v) is 2.36.